The third-order valence-electron chi connectivity index (χ3n) is 4.72. The highest BCUT2D eigenvalue weighted by Gasteiger charge is 2.36. The van der Waals surface area contributed by atoms with Crippen LogP contribution in [0.1, 0.15) is 41.1 Å². The lowest BCUT2D eigenvalue weighted by molar-refractivity contribution is -0.131. The van der Waals surface area contributed by atoms with Crippen LogP contribution in [0.15, 0.2) is 46.9 Å². The van der Waals surface area contributed by atoms with Gasteiger partial charge in [-0.1, -0.05) is 25.1 Å². The largest absolute Gasteiger partial charge is 0.464 e. The van der Waals surface area contributed by atoms with Crippen molar-refractivity contribution in [2.75, 3.05) is 20.6 Å². The van der Waals surface area contributed by atoms with E-state index in [0.29, 0.717) is 23.9 Å². The van der Waals surface area contributed by atoms with Crippen LogP contribution in [-0.4, -0.2) is 42.3 Å². The van der Waals surface area contributed by atoms with E-state index in [-0.39, 0.29) is 18.4 Å². The zero-order valence-corrected chi connectivity index (χ0v) is 14.9. The standard InChI is InChI=1S/C20H24N2O3/c1-14-11-17(14)18-10-9-16(25-18)12-21(2)19(23)13-22(3)20(24)15-7-5-4-6-8-15/h4-10,14,17H,11-13H2,1-3H3/t14-,17+/m0/s1. The SMILES string of the molecule is C[C@H]1C[C@H]1c1ccc(CN(C)C(=O)CN(C)C(=O)c2ccccc2)o1. The first kappa shape index (κ1) is 17.3. The van der Waals surface area contributed by atoms with Gasteiger partial charge in [-0.05, 0) is 36.6 Å². The van der Waals surface area contributed by atoms with Crippen molar-refractivity contribution in [2.45, 2.75) is 25.8 Å². The lowest BCUT2D eigenvalue weighted by Gasteiger charge is -2.21. The fraction of sp³-hybridized carbons (Fsp3) is 0.400. The molecule has 1 aliphatic rings. The smallest absolute Gasteiger partial charge is 0.254 e. The Kier molecular flexibility index (Phi) is 4.93. The lowest BCUT2D eigenvalue weighted by Crippen LogP contribution is -2.39. The minimum Gasteiger partial charge on any atom is -0.464 e. The van der Waals surface area contributed by atoms with Crippen LogP contribution in [0.5, 0.6) is 0 Å². The highest BCUT2D eigenvalue weighted by molar-refractivity contribution is 5.96. The first-order valence-corrected chi connectivity index (χ1v) is 8.58. The Labute approximate surface area is 148 Å². The molecule has 0 radical (unpaired) electrons. The molecule has 0 saturated heterocycles. The summed E-state index contributed by atoms with van der Waals surface area (Å²) in [7, 11) is 3.37. The van der Waals surface area contributed by atoms with E-state index in [0.717, 1.165) is 11.5 Å². The van der Waals surface area contributed by atoms with Crippen molar-refractivity contribution in [1.82, 2.24) is 9.80 Å². The normalized spacial score (nSPS) is 18.7. The third kappa shape index (κ3) is 4.10. The van der Waals surface area contributed by atoms with Gasteiger partial charge in [0.1, 0.15) is 11.5 Å². The molecular weight excluding hydrogens is 316 g/mol. The maximum Gasteiger partial charge on any atom is 0.254 e. The molecule has 1 fully saturated rings. The molecule has 3 rings (SSSR count). The van der Waals surface area contributed by atoms with Gasteiger partial charge in [0.25, 0.3) is 5.91 Å². The van der Waals surface area contributed by atoms with Gasteiger partial charge >= 0.3 is 0 Å². The molecule has 0 N–H and O–H groups in total. The highest BCUT2D eigenvalue weighted by Crippen LogP contribution is 2.47. The second kappa shape index (κ2) is 7.13. The van der Waals surface area contributed by atoms with Crippen molar-refractivity contribution in [1.29, 1.82) is 0 Å². The third-order valence-corrected chi connectivity index (χ3v) is 4.72. The number of likely N-dealkylation sites (N-methyl/N-ethyl adjacent to an activating group) is 2. The summed E-state index contributed by atoms with van der Waals surface area (Å²) in [5.74, 6) is 2.73. The van der Waals surface area contributed by atoms with Gasteiger partial charge in [0, 0.05) is 25.6 Å². The molecule has 132 valence electrons. The molecule has 2 aromatic rings. The van der Waals surface area contributed by atoms with Crippen LogP contribution in [0.2, 0.25) is 0 Å². The number of furan rings is 1. The summed E-state index contributed by atoms with van der Waals surface area (Å²) in [5, 5.41) is 0. The molecule has 1 heterocycles. The summed E-state index contributed by atoms with van der Waals surface area (Å²) >= 11 is 0. The van der Waals surface area contributed by atoms with E-state index >= 15 is 0 Å². The summed E-state index contributed by atoms with van der Waals surface area (Å²) < 4.78 is 5.85. The fourth-order valence-electron chi connectivity index (χ4n) is 2.92. The summed E-state index contributed by atoms with van der Waals surface area (Å²) in [6.07, 6.45) is 1.17. The number of benzene rings is 1. The van der Waals surface area contributed by atoms with Crippen molar-refractivity contribution in [2.24, 2.45) is 5.92 Å². The quantitative estimate of drug-likeness (QED) is 0.812. The molecule has 0 unspecified atom stereocenters. The molecule has 1 aromatic heterocycles. The maximum atomic E-state index is 12.4. The van der Waals surface area contributed by atoms with E-state index in [9.17, 15) is 9.59 Å². The van der Waals surface area contributed by atoms with Crippen LogP contribution in [0.3, 0.4) is 0 Å². The number of hydrogen-bond donors (Lipinski definition) is 0. The summed E-state index contributed by atoms with van der Waals surface area (Å²) in [5.41, 5.74) is 0.578. The highest BCUT2D eigenvalue weighted by atomic mass is 16.3. The average Bonchev–Trinajstić information content (AvgIpc) is 3.16. The molecular formula is C20H24N2O3. The number of rotatable bonds is 6. The molecule has 0 aliphatic heterocycles. The summed E-state index contributed by atoms with van der Waals surface area (Å²) in [6, 6.07) is 12.9. The average molecular weight is 340 g/mol. The van der Waals surface area contributed by atoms with Gasteiger partial charge in [0.05, 0.1) is 13.1 Å². The Morgan fingerprint density at radius 3 is 2.40 bits per heavy atom. The lowest BCUT2D eigenvalue weighted by atomic mass is 10.2. The number of nitrogens with zero attached hydrogens (tertiary/aromatic N) is 2. The molecule has 0 bridgehead atoms. The molecule has 25 heavy (non-hydrogen) atoms. The van der Waals surface area contributed by atoms with Crippen LogP contribution in [0.4, 0.5) is 0 Å². The van der Waals surface area contributed by atoms with Crippen LogP contribution in [0.25, 0.3) is 0 Å². The first-order chi connectivity index (χ1) is 12.0. The van der Waals surface area contributed by atoms with E-state index in [1.165, 1.54) is 11.3 Å². The van der Waals surface area contributed by atoms with E-state index in [4.69, 9.17) is 4.42 Å². The Balaban J connectivity index is 1.53. The van der Waals surface area contributed by atoms with E-state index in [1.54, 1.807) is 31.1 Å². The second-order valence-electron chi connectivity index (χ2n) is 6.90. The van der Waals surface area contributed by atoms with Gasteiger partial charge in [0.15, 0.2) is 0 Å². The number of hydrogen-bond acceptors (Lipinski definition) is 3. The van der Waals surface area contributed by atoms with Crippen molar-refractivity contribution >= 4 is 11.8 Å². The number of amides is 2. The van der Waals surface area contributed by atoms with Crippen molar-refractivity contribution in [3.05, 3.63) is 59.5 Å². The second-order valence-corrected chi connectivity index (χ2v) is 6.90. The molecule has 2 atom stereocenters. The maximum absolute atomic E-state index is 12.4. The molecule has 1 aromatic carbocycles. The fourth-order valence-corrected chi connectivity index (χ4v) is 2.92. The van der Waals surface area contributed by atoms with Crippen molar-refractivity contribution in [3.8, 4) is 0 Å². The minimum absolute atomic E-state index is 0.0391. The number of carbonyl (C=O) groups excluding carboxylic acids is 2. The van der Waals surface area contributed by atoms with Gasteiger partial charge in [-0.15, -0.1) is 0 Å². The first-order valence-electron chi connectivity index (χ1n) is 8.58. The summed E-state index contributed by atoms with van der Waals surface area (Å²) in [4.78, 5) is 27.7. The van der Waals surface area contributed by atoms with Crippen LogP contribution in [-0.2, 0) is 11.3 Å². The van der Waals surface area contributed by atoms with E-state index < -0.39 is 0 Å². The number of carbonyl (C=O) groups is 2. The molecule has 2 amide bonds. The van der Waals surface area contributed by atoms with Crippen LogP contribution in [0, 0.1) is 5.92 Å². The predicted molar refractivity (Wildman–Crippen MR) is 95.1 cm³/mol. The van der Waals surface area contributed by atoms with Crippen molar-refractivity contribution < 1.29 is 14.0 Å². The molecule has 5 heteroatoms. The van der Waals surface area contributed by atoms with Gasteiger partial charge in [0.2, 0.25) is 5.91 Å². The van der Waals surface area contributed by atoms with Crippen molar-refractivity contribution in [3.63, 3.8) is 0 Å². The Morgan fingerprint density at radius 2 is 1.76 bits per heavy atom. The van der Waals surface area contributed by atoms with Crippen LogP contribution < -0.4 is 0 Å². The zero-order chi connectivity index (χ0) is 18.0. The monoisotopic (exact) mass is 340 g/mol. The van der Waals surface area contributed by atoms with Crippen LogP contribution >= 0.6 is 0 Å². The topological polar surface area (TPSA) is 53.8 Å². The molecule has 0 spiro atoms. The Morgan fingerprint density at radius 1 is 1.08 bits per heavy atom. The Bertz CT molecular complexity index is 753. The molecule has 5 nitrogen and oxygen atoms in total. The Hall–Kier alpha value is -2.56. The zero-order valence-electron chi connectivity index (χ0n) is 14.9. The molecule has 1 saturated carbocycles. The van der Waals surface area contributed by atoms with E-state index in [1.807, 2.05) is 30.3 Å². The predicted octanol–water partition coefficient (Wildman–Crippen LogP) is 3.13. The van der Waals surface area contributed by atoms with Gasteiger partial charge in [-0.3, -0.25) is 9.59 Å². The van der Waals surface area contributed by atoms with E-state index in [2.05, 4.69) is 6.92 Å². The summed E-state index contributed by atoms with van der Waals surface area (Å²) in [6.45, 7) is 2.66. The van der Waals surface area contributed by atoms with Gasteiger partial charge < -0.3 is 14.2 Å². The minimum atomic E-state index is -0.162. The molecule has 1 aliphatic carbocycles. The van der Waals surface area contributed by atoms with Gasteiger partial charge in [-0.25, -0.2) is 0 Å². The van der Waals surface area contributed by atoms with Gasteiger partial charge in [-0.2, -0.15) is 0 Å².